The Kier molecular flexibility index (Phi) is 7.13. The molecular formula is C18H17ClFN3O4. The molecule has 3 N–H and O–H groups in total. The van der Waals surface area contributed by atoms with Gasteiger partial charge >= 0.3 is 0 Å². The summed E-state index contributed by atoms with van der Waals surface area (Å²) in [5.74, 6) is -1.40. The Morgan fingerprint density at radius 1 is 1.26 bits per heavy atom. The van der Waals surface area contributed by atoms with Crippen LogP contribution in [0.5, 0.6) is 5.75 Å². The van der Waals surface area contributed by atoms with Crippen molar-refractivity contribution in [2.75, 3.05) is 13.2 Å². The first kappa shape index (κ1) is 20.2. The lowest BCUT2D eigenvalue weighted by atomic mass is 10.3. The first-order valence-corrected chi connectivity index (χ1v) is 8.25. The Morgan fingerprint density at radius 3 is 2.74 bits per heavy atom. The molecule has 0 radical (unpaired) electrons. The monoisotopic (exact) mass is 393 g/mol. The lowest BCUT2D eigenvalue weighted by Gasteiger charge is -2.10. The third-order valence-corrected chi connectivity index (χ3v) is 3.61. The van der Waals surface area contributed by atoms with Crippen molar-refractivity contribution in [3.8, 4) is 5.75 Å². The number of hydrogen-bond donors (Lipinski definition) is 3. The number of hydrogen-bond acceptors (Lipinski definition) is 4. The molecule has 0 aliphatic heterocycles. The van der Waals surface area contributed by atoms with Gasteiger partial charge < -0.3 is 20.4 Å². The van der Waals surface area contributed by atoms with E-state index in [1.807, 2.05) is 0 Å². The molecule has 2 amide bonds. The van der Waals surface area contributed by atoms with Crippen LogP contribution >= 0.6 is 11.6 Å². The summed E-state index contributed by atoms with van der Waals surface area (Å²) in [5, 5.41) is 5.06. The van der Waals surface area contributed by atoms with Gasteiger partial charge in [0.05, 0.1) is 5.02 Å². The standard InChI is InChI=1S/C18H17ClFN3O4/c1-11(4-6-22-18(26)16-8-12(24)5-7-21-16)23-17(25)10-27-13-2-3-14(19)15(20)9-13/h2-3,5,7-9H,1,4,6,10H2,(H,21,24)(H,22,26)(H,23,25). The number of aromatic amines is 1. The summed E-state index contributed by atoms with van der Waals surface area (Å²) in [6.45, 7) is 3.56. The molecule has 0 saturated carbocycles. The minimum absolute atomic E-state index is 0.0400. The predicted octanol–water partition coefficient (Wildman–Crippen LogP) is 2.00. The summed E-state index contributed by atoms with van der Waals surface area (Å²) >= 11 is 5.56. The molecule has 0 aliphatic carbocycles. The predicted molar refractivity (Wildman–Crippen MR) is 98.2 cm³/mol. The minimum atomic E-state index is -0.644. The first-order chi connectivity index (χ1) is 12.8. The van der Waals surface area contributed by atoms with Gasteiger partial charge in [0.25, 0.3) is 11.8 Å². The Hall–Kier alpha value is -3.13. The number of H-pyrrole nitrogens is 1. The molecule has 1 heterocycles. The van der Waals surface area contributed by atoms with Crippen molar-refractivity contribution in [1.82, 2.24) is 15.6 Å². The van der Waals surface area contributed by atoms with Crippen LogP contribution in [0.1, 0.15) is 16.9 Å². The zero-order chi connectivity index (χ0) is 19.8. The minimum Gasteiger partial charge on any atom is -0.484 e. The van der Waals surface area contributed by atoms with Crippen LogP contribution in [0.15, 0.2) is 53.6 Å². The number of aromatic nitrogens is 1. The number of pyridine rings is 1. The molecule has 1 aromatic carbocycles. The van der Waals surface area contributed by atoms with Crippen LogP contribution in [-0.2, 0) is 4.79 Å². The lowest BCUT2D eigenvalue weighted by molar-refractivity contribution is -0.122. The highest BCUT2D eigenvalue weighted by Crippen LogP contribution is 2.20. The highest BCUT2D eigenvalue weighted by atomic mass is 35.5. The summed E-state index contributed by atoms with van der Waals surface area (Å²) < 4.78 is 18.4. The normalized spacial score (nSPS) is 10.1. The Morgan fingerprint density at radius 2 is 2.04 bits per heavy atom. The number of rotatable bonds is 8. The topological polar surface area (TPSA) is 100 Å². The number of carbonyl (C=O) groups excluding carboxylic acids is 2. The molecule has 0 unspecified atom stereocenters. The number of halogens is 2. The number of ether oxygens (including phenoxy) is 1. The largest absolute Gasteiger partial charge is 0.484 e. The Labute approximate surface area is 159 Å². The average molecular weight is 394 g/mol. The molecule has 0 fully saturated rings. The van der Waals surface area contributed by atoms with Gasteiger partial charge in [-0.3, -0.25) is 14.4 Å². The van der Waals surface area contributed by atoms with E-state index in [-0.39, 0.29) is 41.5 Å². The SMILES string of the molecule is C=C(CCNC(=O)c1cc(=O)cc[nH]1)NC(=O)COc1ccc(Cl)c(F)c1. The molecule has 9 heteroatoms. The summed E-state index contributed by atoms with van der Waals surface area (Å²) in [6, 6.07) is 6.33. The fourth-order valence-corrected chi connectivity index (χ4v) is 2.13. The number of nitrogens with one attached hydrogen (secondary N) is 3. The number of amides is 2. The van der Waals surface area contributed by atoms with E-state index in [4.69, 9.17) is 16.3 Å². The van der Waals surface area contributed by atoms with Gasteiger partial charge in [0, 0.05) is 43.1 Å². The molecule has 142 valence electrons. The van der Waals surface area contributed by atoms with Crippen molar-refractivity contribution >= 4 is 23.4 Å². The fraction of sp³-hybridized carbons (Fsp3) is 0.167. The summed E-state index contributed by atoms with van der Waals surface area (Å²) in [7, 11) is 0. The van der Waals surface area contributed by atoms with Crippen molar-refractivity contribution in [3.63, 3.8) is 0 Å². The van der Waals surface area contributed by atoms with Crippen LogP contribution < -0.4 is 20.8 Å². The molecular weight excluding hydrogens is 377 g/mol. The third kappa shape index (κ3) is 6.59. The van der Waals surface area contributed by atoms with E-state index in [1.54, 1.807) is 0 Å². The molecule has 7 nitrogen and oxygen atoms in total. The molecule has 0 atom stereocenters. The van der Waals surface area contributed by atoms with Crippen LogP contribution in [0.3, 0.4) is 0 Å². The van der Waals surface area contributed by atoms with Gasteiger partial charge in [-0.25, -0.2) is 4.39 Å². The van der Waals surface area contributed by atoms with Gasteiger partial charge in [0.1, 0.15) is 17.3 Å². The van der Waals surface area contributed by atoms with Gasteiger partial charge in [-0.05, 0) is 12.1 Å². The van der Waals surface area contributed by atoms with Gasteiger partial charge in [0.2, 0.25) is 0 Å². The van der Waals surface area contributed by atoms with Gasteiger partial charge in [-0.2, -0.15) is 0 Å². The molecule has 0 bridgehead atoms. The van der Waals surface area contributed by atoms with Gasteiger partial charge in [-0.1, -0.05) is 18.2 Å². The zero-order valence-electron chi connectivity index (χ0n) is 14.2. The van der Waals surface area contributed by atoms with Crippen molar-refractivity contribution in [3.05, 3.63) is 75.6 Å². The number of benzene rings is 1. The number of carbonyl (C=O) groups is 2. The Bertz CT molecular complexity index is 913. The van der Waals surface area contributed by atoms with E-state index in [9.17, 15) is 18.8 Å². The highest BCUT2D eigenvalue weighted by molar-refractivity contribution is 6.30. The maximum absolute atomic E-state index is 13.3. The highest BCUT2D eigenvalue weighted by Gasteiger charge is 2.08. The van der Waals surface area contributed by atoms with Crippen LogP contribution in [0.2, 0.25) is 5.02 Å². The summed E-state index contributed by atoms with van der Waals surface area (Å²) in [5.41, 5.74) is 0.227. The van der Waals surface area contributed by atoms with E-state index in [1.165, 1.54) is 30.5 Å². The van der Waals surface area contributed by atoms with Crippen molar-refractivity contribution in [1.29, 1.82) is 0 Å². The van der Waals surface area contributed by atoms with Crippen LogP contribution in [0.4, 0.5) is 4.39 Å². The van der Waals surface area contributed by atoms with Crippen molar-refractivity contribution in [2.24, 2.45) is 0 Å². The van der Waals surface area contributed by atoms with Crippen LogP contribution in [-0.4, -0.2) is 29.9 Å². The second kappa shape index (κ2) is 9.54. The van der Waals surface area contributed by atoms with Crippen molar-refractivity contribution in [2.45, 2.75) is 6.42 Å². The zero-order valence-corrected chi connectivity index (χ0v) is 14.9. The second-order valence-electron chi connectivity index (χ2n) is 5.46. The average Bonchev–Trinajstić information content (AvgIpc) is 2.62. The van der Waals surface area contributed by atoms with E-state index in [0.717, 1.165) is 6.07 Å². The quantitative estimate of drug-likeness (QED) is 0.638. The van der Waals surface area contributed by atoms with E-state index in [0.29, 0.717) is 5.70 Å². The maximum atomic E-state index is 13.3. The molecule has 0 saturated heterocycles. The summed E-state index contributed by atoms with van der Waals surface area (Å²) in [6.07, 6.45) is 1.66. The van der Waals surface area contributed by atoms with E-state index < -0.39 is 17.6 Å². The fourth-order valence-electron chi connectivity index (χ4n) is 2.01. The first-order valence-electron chi connectivity index (χ1n) is 7.87. The van der Waals surface area contributed by atoms with Crippen LogP contribution in [0.25, 0.3) is 0 Å². The molecule has 1 aromatic heterocycles. The van der Waals surface area contributed by atoms with Crippen molar-refractivity contribution < 1.29 is 18.7 Å². The second-order valence-corrected chi connectivity index (χ2v) is 5.87. The van der Waals surface area contributed by atoms with Gasteiger partial charge in [0.15, 0.2) is 12.0 Å². The molecule has 0 spiro atoms. The summed E-state index contributed by atoms with van der Waals surface area (Å²) in [4.78, 5) is 37.5. The van der Waals surface area contributed by atoms with E-state index >= 15 is 0 Å². The lowest BCUT2D eigenvalue weighted by Crippen LogP contribution is -2.31. The van der Waals surface area contributed by atoms with Crippen LogP contribution in [0, 0.1) is 5.82 Å². The smallest absolute Gasteiger partial charge is 0.267 e. The Balaban J connectivity index is 1.70. The third-order valence-electron chi connectivity index (χ3n) is 3.31. The molecule has 2 aromatic rings. The molecule has 0 aliphatic rings. The van der Waals surface area contributed by atoms with Gasteiger partial charge in [-0.15, -0.1) is 0 Å². The van der Waals surface area contributed by atoms with E-state index in [2.05, 4.69) is 22.2 Å². The maximum Gasteiger partial charge on any atom is 0.267 e. The molecule has 27 heavy (non-hydrogen) atoms. The molecule has 2 rings (SSSR count).